The van der Waals surface area contributed by atoms with Crippen molar-refractivity contribution in [2.24, 2.45) is 5.73 Å². The first-order valence-corrected chi connectivity index (χ1v) is 7.93. The lowest BCUT2D eigenvalue weighted by Crippen LogP contribution is -2.48. The van der Waals surface area contributed by atoms with Crippen LogP contribution in [0.4, 0.5) is 4.39 Å². The maximum absolute atomic E-state index is 13.1. The number of rotatable bonds is 4. The molecule has 1 saturated heterocycles. The van der Waals surface area contributed by atoms with Crippen molar-refractivity contribution >= 4 is 17.5 Å². The molecule has 0 spiro atoms. The molecule has 0 saturated carbocycles. The number of carbonyl (C=O) groups is 1. The Morgan fingerprint density at radius 2 is 2.08 bits per heavy atom. The van der Waals surface area contributed by atoms with Crippen LogP contribution in [-0.4, -0.2) is 52.0 Å². The van der Waals surface area contributed by atoms with Gasteiger partial charge in [-0.3, -0.25) is 9.69 Å². The molecule has 24 heavy (non-hydrogen) atoms. The van der Waals surface area contributed by atoms with Gasteiger partial charge in [0, 0.05) is 26.2 Å². The molecule has 3 rings (SSSR count). The quantitative estimate of drug-likeness (QED) is 0.890. The summed E-state index contributed by atoms with van der Waals surface area (Å²) >= 11 is 5.96. The van der Waals surface area contributed by atoms with Crippen molar-refractivity contribution in [3.8, 4) is 0 Å². The van der Waals surface area contributed by atoms with Crippen molar-refractivity contribution in [1.82, 2.24) is 19.9 Å². The zero-order valence-corrected chi connectivity index (χ0v) is 13.7. The number of benzene rings is 1. The second-order valence-corrected chi connectivity index (χ2v) is 5.91. The third kappa shape index (κ3) is 3.72. The van der Waals surface area contributed by atoms with Gasteiger partial charge < -0.3 is 15.2 Å². The minimum atomic E-state index is -0.460. The fraction of sp³-hybridized carbons (Fsp3) is 0.400. The van der Waals surface area contributed by atoms with E-state index in [1.54, 1.807) is 4.90 Å². The number of nitrogens with zero attached hydrogens (tertiary/aromatic N) is 4. The summed E-state index contributed by atoms with van der Waals surface area (Å²) in [6, 6.07) is 3.80. The summed E-state index contributed by atoms with van der Waals surface area (Å²) in [6.07, 6.45) is 0. The van der Waals surface area contributed by atoms with Crippen LogP contribution >= 0.6 is 11.6 Å². The standard InChI is InChI=1S/C15H17ClFN5O2/c16-12-7-10(17)1-2-11(12)15(23)22-5-3-21(4-6-22)9-13-19-14(8-18)24-20-13/h1-2,7H,3-6,8-9,18H2. The minimum Gasteiger partial charge on any atom is -0.338 e. The molecule has 0 radical (unpaired) electrons. The maximum Gasteiger partial charge on any atom is 0.255 e. The normalized spacial score (nSPS) is 15.7. The summed E-state index contributed by atoms with van der Waals surface area (Å²) in [6.45, 7) is 3.22. The fourth-order valence-electron chi connectivity index (χ4n) is 2.58. The van der Waals surface area contributed by atoms with Crippen LogP contribution in [0.15, 0.2) is 22.7 Å². The van der Waals surface area contributed by atoms with E-state index in [-0.39, 0.29) is 17.5 Å². The van der Waals surface area contributed by atoms with E-state index >= 15 is 0 Å². The van der Waals surface area contributed by atoms with Gasteiger partial charge in [-0.25, -0.2) is 4.39 Å². The molecule has 1 aliphatic rings. The Kier molecular flexibility index (Phi) is 5.08. The Bertz CT molecular complexity index is 730. The summed E-state index contributed by atoms with van der Waals surface area (Å²) in [7, 11) is 0. The minimum absolute atomic E-state index is 0.128. The van der Waals surface area contributed by atoms with Crippen LogP contribution in [0.1, 0.15) is 22.1 Å². The molecule has 7 nitrogen and oxygen atoms in total. The van der Waals surface area contributed by atoms with Gasteiger partial charge in [-0.1, -0.05) is 16.8 Å². The molecule has 128 valence electrons. The van der Waals surface area contributed by atoms with Crippen LogP contribution < -0.4 is 5.73 Å². The van der Waals surface area contributed by atoms with Gasteiger partial charge in [0.2, 0.25) is 5.89 Å². The molecule has 2 heterocycles. The molecule has 1 aromatic carbocycles. The zero-order valence-electron chi connectivity index (χ0n) is 12.9. The summed E-state index contributed by atoms with van der Waals surface area (Å²) < 4.78 is 18.1. The van der Waals surface area contributed by atoms with Crippen LogP contribution in [0.25, 0.3) is 0 Å². The molecule has 2 N–H and O–H groups in total. The molecule has 0 bridgehead atoms. The first-order valence-electron chi connectivity index (χ1n) is 7.55. The van der Waals surface area contributed by atoms with Crippen molar-refractivity contribution < 1.29 is 13.7 Å². The number of carbonyl (C=O) groups excluding carboxylic acids is 1. The molecule has 2 aromatic rings. The highest BCUT2D eigenvalue weighted by molar-refractivity contribution is 6.33. The highest BCUT2D eigenvalue weighted by atomic mass is 35.5. The van der Waals surface area contributed by atoms with Crippen LogP contribution in [0, 0.1) is 5.82 Å². The van der Waals surface area contributed by atoms with Gasteiger partial charge in [0.1, 0.15) is 5.82 Å². The second kappa shape index (κ2) is 7.25. The van der Waals surface area contributed by atoms with Crippen molar-refractivity contribution in [1.29, 1.82) is 0 Å². The Morgan fingerprint density at radius 3 is 2.71 bits per heavy atom. The van der Waals surface area contributed by atoms with Crippen molar-refractivity contribution in [2.45, 2.75) is 13.1 Å². The van der Waals surface area contributed by atoms with Crippen molar-refractivity contribution in [3.05, 3.63) is 46.3 Å². The molecular weight excluding hydrogens is 337 g/mol. The predicted molar refractivity (Wildman–Crippen MR) is 84.8 cm³/mol. The number of amides is 1. The van der Waals surface area contributed by atoms with Crippen LogP contribution in [0.2, 0.25) is 5.02 Å². The third-order valence-corrected chi connectivity index (χ3v) is 4.18. The Balaban J connectivity index is 1.57. The first kappa shape index (κ1) is 16.8. The van der Waals surface area contributed by atoms with Gasteiger partial charge in [0.25, 0.3) is 5.91 Å². The summed E-state index contributed by atoms with van der Waals surface area (Å²) in [4.78, 5) is 20.5. The third-order valence-electron chi connectivity index (χ3n) is 3.87. The van der Waals surface area contributed by atoms with E-state index in [1.807, 2.05) is 0 Å². The molecular formula is C15H17ClFN5O2. The van der Waals surface area contributed by atoms with Crippen LogP contribution in [0.3, 0.4) is 0 Å². The Labute approximate surface area is 143 Å². The molecule has 0 unspecified atom stereocenters. The molecule has 0 atom stereocenters. The number of halogens is 2. The summed E-state index contributed by atoms with van der Waals surface area (Å²) in [5, 5.41) is 3.99. The predicted octanol–water partition coefficient (Wildman–Crippen LogP) is 1.28. The van der Waals surface area contributed by atoms with Crippen LogP contribution in [-0.2, 0) is 13.1 Å². The monoisotopic (exact) mass is 353 g/mol. The van der Waals surface area contributed by atoms with Crippen molar-refractivity contribution in [2.75, 3.05) is 26.2 Å². The fourth-order valence-corrected chi connectivity index (χ4v) is 2.83. The zero-order chi connectivity index (χ0) is 17.1. The largest absolute Gasteiger partial charge is 0.338 e. The lowest BCUT2D eigenvalue weighted by Gasteiger charge is -2.34. The number of aromatic nitrogens is 2. The average molecular weight is 354 g/mol. The molecule has 1 amide bonds. The Morgan fingerprint density at radius 1 is 1.33 bits per heavy atom. The smallest absolute Gasteiger partial charge is 0.255 e. The Hall–Kier alpha value is -2.03. The summed E-state index contributed by atoms with van der Waals surface area (Å²) in [5.41, 5.74) is 5.75. The topological polar surface area (TPSA) is 88.5 Å². The van der Waals surface area contributed by atoms with E-state index in [0.717, 1.165) is 6.07 Å². The average Bonchev–Trinajstić information content (AvgIpc) is 3.03. The van der Waals surface area contributed by atoms with Crippen LogP contribution in [0.5, 0.6) is 0 Å². The number of hydrogen-bond acceptors (Lipinski definition) is 6. The van der Waals surface area contributed by atoms with Gasteiger partial charge in [0.05, 0.1) is 23.7 Å². The number of nitrogens with two attached hydrogens (primary N) is 1. The first-order chi connectivity index (χ1) is 11.6. The van der Waals surface area contributed by atoms with Gasteiger partial charge in [0.15, 0.2) is 5.82 Å². The molecule has 1 aliphatic heterocycles. The molecule has 1 aromatic heterocycles. The van der Waals surface area contributed by atoms with Gasteiger partial charge in [-0.05, 0) is 18.2 Å². The van der Waals surface area contributed by atoms with Gasteiger partial charge in [-0.2, -0.15) is 4.98 Å². The highest BCUT2D eigenvalue weighted by Crippen LogP contribution is 2.20. The maximum atomic E-state index is 13.1. The molecule has 1 fully saturated rings. The SMILES string of the molecule is NCc1nc(CN2CCN(C(=O)c3ccc(F)cc3Cl)CC2)no1. The van der Waals surface area contributed by atoms with E-state index in [0.29, 0.717) is 50.0 Å². The summed E-state index contributed by atoms with van der Waals surface area (Å²) in [5.74, 6) is 0.338. The van der Waals surface area contributed by atoms with E-state index in [1.165, 1.54) is 12.1 Å². The number of hydrogen-bond donors (Lipinski definition) is 1. The van der Waals surface area contributed by atoms with Gasteiger partial charge in [-0.15, -0.1) is 0 Å². The van der Waals surface area contributed by atoms with E-state index in [2.05, 4.69) is 15.0 Å². The molecule has 0 aliphatic carbocycles. The molecule has 9 heteroatoms. The number of piperazine rings is 1. The lowest BCUT2D eigenvalue weighted by atomic mass is 10.1. The lowest BCUT2D eigenvalue weighted by molar-refractivity contribution is 0.0624. The van der Waals surface area contributed by atoms with E-state index in [9.17, 15) is 9.18 Å². The highest BCUT2D eigenvalue weighted by Gasteiger charge is 2.24. The van der Waals surface area contributed by atoms with Gasteiger partial charge >= 0.3 is 0 Å². The van der Waals surface area contributed by atoms with E-state index < -0.39 is 5.82 Å². The van der Waals surface area contributed by atoms with E-state index in [4.69, 9.17) is 21.9 Å². The second-order valence-electron chi connectivity index (χ2n) is 5.50. The van der Waals surface area contributed by atoms with Crippen molar-refractivity contribution in [3.63, 3.8) is 0 Å².